The summed E-state index contributed by atoms with van der Waals surface area (Å²) >= 11 is 1.55. The summed E-state index contributed by atoms with van der Waals surface area (Å²) < 4.78 is 36.6. The maximum Gasteiger partial charge on any atom is 0.410 e. The lowest BCUT2D eigenvalue weighted by molar-refractivity contribution is -0.140. The van der Waals surface area contributed by atoms with Crippen molar-refractivity contribution in [2.75, 3.05) is 109 Å². The van der Waals surface area contributed by atoms with E-state index >= 15 is 0 Å². The number of likely N-dealkylation sites (tertiary alicyclic amines) is 2. The number of ether oxygens (including phenoxy) is 6. The first-order valence-electron chi connectivity index (χ1n) is 33.5. The fourth-order valence-electron chi connectivity index (χ4n) is 13.9. The Labute approximate surface area is 556 Å². The minimum absolute atomic E-state index is 0.000207. The van der Waals surface area contributed by atoms with Gasteiger partial charge < -0.3 is 53.3 Å². The Kier molecular flexibility index (Phi) is 22.3. The molecule has 1 N–H and O–H groups in total. The van der Waals surface area contributed by atoms with E-state index in [0.29, 0.717) is 85.0 Å². The summed E-state index contributed by atoms with van der Waals surface area (Å²) in [5.74, 6) is 0.911. The average molecular weight is 1300 g/mol. The number of carbonyl (C=O) groups excluding carboxylic acids is 4. The predicted molar refractivity (Wildman–Crippen MR) is 363 cm³/mol. The van der Waals surface area contributed by atoms with Crippen molar-refractivity contribution in [3.05, 3.63) is 113 Å². The Morgan fingerprint density at radius 2 is 1.54 bits per heavy atom. The molecule has 5 aliphatic rings. The normalized spacial score (nSPS) is 20.2. The van der Waals surface area contributed by atoms with Gasteiger partial charge in [0.2, 0.25) is 17.7 Å². The van der Waals surface area contributed by atoms with Crippen LogP contribution in [0.5, 0.6) is 11.8 Å². The van der Waals surface area contributed by atoms with Crippen molar-refractivity contribution in [3.8, 4) is 29.1 Å². The van der Waals surface area contributed by atoms with Crippen LogP contribution in [0.2, 0.25) is 0 Å². The van der Waals surface area contributed by atoms with Crippen LogP contribution in [0.1, 0.15) is 108 Å². The molecule has 3 saturated heterocycles. The van der Waals surface area contributed by atoms with Gasteiger partial charge in [0.25, 0.3) is 0 Å². The van der Waals surface area contributed by atoms with Gasteiger partial charge in [0.1, 0.15) is 47.5 Å². The second-order valence-electron chi connectivity index (χ2n) is 26.4. The fourth-order valence-corrected chi connectivity index (χ4v) is 14.9. The molecule has 21 nitrogen and oxygen atoms in total. The number of likely N-dealkylation sites (N-methyl/N-ethyl adjacent to an activating group) is 2. The molecule has 2 aromatic heterocycles. The first kappa shape index (κ1) is 67.5. The third-order valence-electron chi connectivity index (χ3n) is 19.0. The molecule has 94 heavy (non-hydrogen) atoms. The number of benzene rings is 4. The molecule has 4 aromatic carbocycles. The number of hydrogen-bond donors (Lipinski definition) is 1. The van der Waals surface area contributed by atoms with Crippen molar-refractivity contribution in [2.45, 2.75) is 140 Å². The summed E-state index contributed by atoms with van der Waals surface area (Å²) in [7, 11) is 3.63. The van der Waals surface area contributed by atoms with Crippen molar-refractivity contribution in [3.63, 3.8) is 0 Å². The molecule has 0 unspecified atom stereocenters. The number of aromatic nitrogens is 3. The smallest absolute Gasteiger partial charge is 0.410 e. The van der Waals surface area contributed by atoms with Gasteiger partial charge in [-0.25, -0.2) is 9.78 Å². The molecule has 0 radical (unpaired) electrons. The molecule has 500 valence electrons. The Morgan fingerprint density at radius 3 is 2.32 bits per heavy atom. The number of piperazine rings is 1. The van der Waals surface area contributed by atoms with E-state index in [1.807, 2.05) is 29.2 Å². The molecule has 1 aliphatic carbocycles. The highest BCUT2D eigenvalue weighted by Crippen LogP contribution is 2.41. The van der Waals surface area contributed by atoms with E-state index in [1.54, 1.807) is 51.0 Å². The van der Waals surface area contributed by atoms with E-state index < -0.39 is 23.8 Å². The Hall–Kier alpha value is -7.94. The Bertz CT molecular complexity index is 3670. The number of nitriles is 1. The maximum absolute atomic E-state index is 14.7. The van der Waals surface area contributed by atoms with Crippen molar-refractivity contribution in [1.29, 1.82) is 5.26 Å². The van der Waals surface area contributed by atoms with E-state index in [-0.39, 0.29) is 54.3 Å². The molecular weight excluding hydrogens is 1210 g/mol. The molecule has 4 fully saturated rings. The topological polar surface area (TPSA) is 218 Å². The highest BCUT2D eigenvalue weighted by atomic mass is 32.1. The van der Waals surface area contributed by atoms with Gasteiger partial charge in [-0.1, -0.05) is 86.5 Å². The number of nitrogens with one attached hydrogen (secondary N) is 1. The number of thiazole rings is 1. The van der Waals surface area contributed by atoms with Gasteiger partial charge >= 0.3 is 12.1 Å². The molecule has 4 amide bonds. The fraction of sp³-hybridized carbons (Fsp3) is 0.528. The van der Waals surface area contributed by atoms with E-state index in [9.17, 15) is 24.4 Å². The SMILES string of the molecule is C=CC(=O)N1CCN(c2nc(OC[C@@H]3C[C@@H](OCCOCCOCCOc4ccc(-c5csc([C@@H]6CCCN6C(=O)[C@@H](NC(=O)[C@H](C)N(C)C(=O)OC(C)(C)C)C6CCCCC6)n5)c5ccccc45)CN3C)nc3c2CCN(c2cccc4ccccc24)C3)C[C@@H]1CC#N. The Balaban J connectivity index is 0.629. The van der Waals surface area contributed by atoms with Gasteiger partial charge in [0.15, 0.2) is 0 Å². The van der Waals surface area contributed by atoms with Crippen molar-refractivity contribution in [2.24, 2.45) is 5.92 Å². The standard InChI is InChI=1S/C72H91N11O10S/c1-8-64(84)82-35-34-81(43-51(82)29-31-73)66-58-30-33-80(61-25-16-21-49-18-12-13-22-54(49)61)45-59(58)75-70(77-66)92-46-52-42-53(44-78(52)6)90-40-38-88-36-37-89-39-41-91-63-28-27-56(55-23-14-15-24-57(55)63)60-47-94-68(74-60)62-26-17-32-83(62)69(86)65(50-19-10-9-11-20-50)76-67(85)48(2)79(7)71(87)93-72(3,4)5/h8,12-16,18,21-25,27-28,47-48,50-53,62,65H,1,9-11,17,19-20,26,29-30,32-46H2,2-7H3,(H,76,85)/t48-,51-,52-,53+,62-,65-/m0/s1. The van der Waals surface area contributed by atoms with Crippen LogP contribution in [-0.2, 0) is 46.3 Å². The molecule has 22 heteroatoms. The van der Waals surface area contributed by atoms with Crippen LogP contribution in [0.15, 0.2) is 96.9 Å². The Morgan fingerprint density at radius 1 is 0.798 bits per heavy atom. The summed E-state index contributed by atoms with van der Waals surface area (Å²) in [5.41, 5.74) is 4.23. The summed E-state index contributed by atoms with van der Waals surface area (Å²) in [6.45, 7) is 17.7. The zero-order chi connectivity index (χ0) is 65.9. The third-order valence-corrected chi connectivity index (χ3v) is 20.0. The van der Waals surface area contributed by atoms with Crippen molar-refractivity contribution < 1.29 is 47.6 Å². The minimum Gasteiger partial charge on any atom is -0.491 e. The van der Waals surface area contributed by atoms with Gasteiger partial charge in [0, 0.05) is 85.3 Å². The summed E-state index contributed by atoms with van der Waals surface area (Å²) in [6.07, 6.45) is 8.87. The van der Waals surface area contributed by atoms with Gasteiger partial charge in [-0.05, 0) is 114 Å². The molecule has 0 spiro atoms. The summed E-state index contributed by atoms with van der Waals surface area (Å²) in [4.78, 5) is 81.5. The van der Waals surface area contributed by atoms with Crippen LogP contribution < -0.4 is 24.6 Å². The molecule has 11 rings (SSSR count). The van der Waals surface area contributed by atoms with Crippen LogP contribution in [0.4, 0.5) is 16.3 Å². The zero-order valence-corrected chi connectivity index (χ0v) is 56.2. The molecule has 6 heterocycles. The first-order chi connectivity index (χ1) is 45.5. The lowest BCUT2D eigenvalue weighted by atomic mass is 9.83. The number of carbonyl (C=O) groups is 4. The second kappa shape index (κ2) is 31.1. The average Bonchev–Trinajstić information content (AvgIpc) is 1.06. The van der Waals surface area contributed by atoms with Crippen LogP contribution in [0, 0.1) is 17.2 Å². The second-order valence-corrected chi connectivity index (χ2v) is 27.3. The zero-order valence-electron chi connectivity index (χ0n) is 55.3. The maximum atomic E-state index is 14.7. The molecule has 6 atom stereocenters. The largest absolute Gasteiger partial charge is 0.491 e. The van der Waals surface area contributed by atoms with E-state index in [2.05, 4.69) is 99.7 Å². The van der Waals surface area contributed by atoms with Gasteiger partial charge in [-0.3, -0.25) is 24.2 Å². The lowest BCUT2D eigenvalue weighted by Crippen LogP contribution is -2.56. The van der Waals surface area contributed by atoms with Crippen LogP contribution in [-0.4, -0.2) is 194 Å². The van der Waals surface area contributed by atoms with Crippen molar-refractivity contribution in [1.82, 2.24) is 39.9 Å². The lowest BCUT2D eigenvalue weighted by Gasteiger charge is -2.42. The number of nitrogens with zero attached hydrogens (tertiary/aromatic N) is 10. The number of anilines is 2. The monoisotopic (exact) mass is 1300 g/mol. The predicted octanol–water partition coefficient (Wildman–Crippen LogP) is 10.2. The molecule has 4 aliphatic heterocycles. The van der Waals surface area contributed by atoms with E-state index in [4.69, 9.17) is 43.4 Å². The van der Waals surface area contributed by atoms with E-state index in [1.165, 1.54) is 21.7 Å². The van der Waals surface area contributed by atoms with Crippen molar-refractivity contribution >= 4 is 68.2 Å². The highest BCUT2D eigenvalue weighted by Gasteiger charge is 2.42. The number of fused-ring (bicyclic) bond motifs is 3. The van der Waals surface area contributed by atoms with Crippen LogP contribution in [0.25, 0.3) is 32.8 Å². The summed E-state index contributed by atoms with van der Waals surface area (Å²) in [6, 6.07) is 27.6. The van der Waals surface area contributed by atoms with Gasteiger partial charge in [-0.2, -0.15) is 15.2 Å². The third kappa shape index (κ3) is 16.1. The summed E-state index contributed by atoms with van der Waals surface area (Å²) in [5, 5.41) is 20.1. The quantitative estimate of drug-likeness (QED) is 0.0416. The van der Waals surface area contributed by atoms with Gasteiger partial charge in [-0.15, -0.1) is 11.3 Å². The molecule has 0 bridgehead atoms. The molecule has 1 saturated carbocycles. The highest BCUT2D eigenvalue weighted by molar-refractivity contribution is 7.10. The first-order valence-corrected chi connectivity index (χ1v) is 34.4. The van der Waals surface area contributed by atoms with E-state index in [0.717, 1.165) is 126 Å². The van der Waals surface area contributed by atoms with Crippen LogP contribution in [0.3, 0.4) is 0 Å². The van der Waals surface area contributed by atoms with Crippen LogP contribution >= 0.6 is 11.3 Å². The number of hydrogen-bond acceptors (Lipinski definition) is 18. The molecule has 6 aromatic rings. The number of rotatable bonds is 25. The van der Waals surface area contributed by atoms with Gasteiger partial charge in [0.05, 0.1) is 81.6 Å². The molecular formula is C72H91N11O10S. The minimum atomic E-state index is -0.839. The number of amides is 4.